The van der Waals surface area contributed by atoms with Crippen molar-refractivity contribution in [2.75, 3.05) is 0 Å². The molecule has 1 N–H and O–H groups in total. The van der Waals surface area contributed by atoms with Crippen LogP contribution in [0.1, 0.15) is 26.6 Å². The van der Waals surface area contributed by atoms with Crippen LogP contribution in [0.15, 0.2) is 18.5 Å². The second kappa shape index (κ2) is 4.91. The van der Waals surface area contributed by atoms with E-state index in [1.165, 1.54) is 0 Å². The highest BCUT2D eigenvalue weighted by molar-refractivity contribution is 4.90. The third-order valence-electron chi connectivity index (χ3n) is 1.68. The molecular formula is C10H18N4. The molecule has 0 saturated carbocycles. The van der Waals surface area contributed by atoms with Crippen LogP contribution in [0.3, 0.4) is 0 Å². The molecule has 0 bridgehead atoms. The number of hydrogen-bond donors (Lipinski definition) is 1. The molecule has 0 saturated heterocycles. The van der Waals surface area contributed by atoms with Crippen molar-refractivity contribution in [1.29, 1.82) is 0 Å². The molecule has 0 aromatic carbocycles. The van der Waals surface area contributed by atoms with Gasteiger partial charge >= 0.3 is 0 Å². The van der Waals surface area contributed by atoms with E-state index in [0.717, 1.165) is 24.5 Å². The van der Waals surface area contributed by atoms with Gasteiger partial charge in [0.2, 0.25) is 0 Å². The quantitative estimate of drug-likeness (QED) is 0.719. The largest absolute Gasteiger partial charge is 0.308 e. The summed E-state index contributed by atoms with van der Waals surface area (Å²) in [4.78, 5) is 4.19. The SMILES string of the molecule is C=C(C)Cn1cnc(CNC(C)C)n1. The molecule has 4 nitrogen and oxygen atoms in total. The molecular weight excluding hydrogens is 176 g/mol. The van der Waals surface area contributed by atoms with Gasteiger partial charge in [0, 0.05) is 6.04 Å². The summed E-state index contributed by atoms with van der Waals surface area (Å²) in [6, 6.07) is 0.461. The highest BCUT2D eigenvalue weighted by Gasteiger charge is 2.01. The fourth-order valence-electron chi connectivity index (χ4n) is 1.06. The number of rotatable bonds is 5. The minimum Gasteiger partial charge on any atom is -0.308 e. The average molecular weight is 194 g/mol. The lowest BCUT2D eigenvalue weighted by Gasteiger charge is -2.04. The molecule has 0 aliphatic rings. The monoisotopic (exact) mass is 194 g/mol. The fourth-order valence-corrected chi connectivity index (χ4v) is 1.06. The summed E-state index contributed by atoms with van der Waals surface area (Å²) >= 11 is 0. The molecule has 0 radical (unpaired) electrons. The van der Waals surface area contributed by atoms with E-state index in [4.69, 9.17) is 0 Å². The van der Waals surface area contributed by atoms with Crippen LogP contribution >= 0.6 is 0 Å². The number of nitrogens with one attached hydrogen (secondary N) is 1. The molecule has 0 atom stereocenters. The van der Waals surface area contributed by atoms with Crippen molar-refractivity contribution in [3.05, 3.63) is 24.3 Å². The van der Waals surface area contributed by atoms with Crippen molar-refractivity contribution in [3.63, 3.8) is 0 Å². The first-order chi connectivity index (χ1) is 6.58. The van der Waals surface area contributed by atoms with Gasteiger partial charge in [-0.25, -0.2) is 9.67 Å². The molecule has 0 aliphatic carbocycles. The van der Waals surface area contributed by atoms with Gasteiger partial charge in [0.15, 0.2) is 5.82 Å². The average Bonchev–Trinajstić information content (AvgIpc) is 2.47. The van der Waals surface area contributed by atoms with Crippen LogP contribution in [0.5, 0.6) is 0 Å². The normalized spacial score (nSPS) is 10.9. The van der Waals surface area contributed by atoms with E-state index in [1.54, 1.807) is 11.0 Å². The summed E-state index contributed by atoms with van der Waals surface area (Å²) < 4.78 is 1.81. The second-order valence-electron chi connectivity index (χ2n) is 3.85. The van der Waals surface area contributed by atoms with Gasteiger partial charge in [-0.05, 0) is 6.92 Å². The second-order valence-corrected chi connectivity index (χ2v) is 3.85. The molecule has 1 aromatic heterocycles. The lowest BCUT2D eigenvalue weighted by molar-refractivity contribution is 0.564. The summed E-state index contributed by atoms with van der Waals surface area (Å²) in [5.74, 6) is 0.833. The summed E-state index contributed by atoms with van der Waals surface area (Å²) in [5, 5.41) is 7.57. The van der Waals surface area contributed by atoms with Crippen molar-refractivity contribution in [2.45, 2.75) is 39.9 Å². The summed E-state index contributed by atoms with van der Waals surface area (Å²) in [6.07, 6.45) is 1.74. The first-order valence-electron chi connectivity index (χ1n) is 4.84. The Morgan fingerprint density at radius 3 is 2.93 bits per heavy atom. The predicted octanol–water partition coefficient (Wildman–Crippen LogP) is 1.35. The van der Waals surface area contributed by atoms with E-state index in [1.807, 2.05) is 6.92 Å². The van der Waals surface area contributed by atoms with Gasteiger partial charge in [-0.15, -0.1) is 0 Å². The van der Waals surface area contributed by atoms with Gasteiger partial charge in [-0.3, -0.25) is 0 Å². The molecule has 1 rings (SSSR count). The van der Waals surface area contributed by atoms with Gasteiger partial charge < -0.3 is 5.32 Å². The maximum absolute atomic E-state index is 4.30. The lowest BCUT2D eigenvalue weighted by Crippen LogP contribution is -2.22. The first kappa shape index (κ1) is 10.9. The molecule has 4 heteroatoms. The van der Waals surface area contributed by atoms with Crippen LogP contribution in [-0.4, -0.2) is 20.8 Å². The van der Waals surface area contributed by atoms with Gasteiger partial charge in [0.05, 0.1) is 13.1 Å². The van der Waals surface area contributed by atoms with Crippen LogP contribution in [0.4, 0.5) is 0 Å². The first-order valence-corrected chi connectivity index (χ1v) is 4.84. The lowest BCUT2D eigenvalue weighted by atomic mass is 10.4. The zero-order valence-electron chi connectivity index (χ0n) is 9.12. The number of hydrogen-bond acceptors (Lipinski definition) is 3. The molecule has 1 aromatic rings. The zero-order valence-corrected chi connectivity index (χ0v) is 9.12. The maximum Gasteiger partial charge on any atom is 0.164 e. The summed E-state index contributed by atoms with van der Waals surface area (Å²) in [6.45, 7) is 11.5. The van der Waals surface area contributed by atoms with Crippen LogP contribution in [-0.2, 0) is 13.1 Å². The zero-order chi connectivity index (χ0) is 10.6. The Morgan fingerprint density at radius 1 is 1.64 bits per heavy atom. The van der Waals surface area contributed by atoms with Crippen LogP contribution in [0.25, 0.3) is 0 Å². The van der Waals surface area contributed by atoms with Crippen LogP contribution in [0, 0.1) is 0 Å². The molecule has 0 unspecified atom stereocenters. The molecule has 78 valence electrons. The minimum atomic E-state index is 0.461. The predicted molar refractivity (Wildman–Crippen MR) is 56.8 cm³/mol. The minimum absolute atomic E-state index is 0.461. The molecule has 14 heavy (non-hydrogen) atoms. The van der Waals surface area contributed by atoms with Crippen molar-refractivity contribution in [2.24, 2.45) is 0 Å². The van der Waals surface area contributed by atoms with Crippen molar-refractivity contribution >= 4 is 0 Å². The highest BCUT2D eigenvalue weighted by atomic mass is 15.3. The van der Waals surface area contributed by atoms with E-state index >= 15 is 0 Å². The van der Waals surface area contributed by atoms with Crippen molar-refractivity contribution < 1.29 is 0 Å². The molecule has 0 spiro atoms. The Balaban J connectivity index is 2.46. The Hall–Kier alpha value is -1.16. The Labute approximate surface area is 85.0 Å². The van der Waals surface area contributed by atoms with E-state index in [9.17, 15) is 0 Å². The molecule has 0 amide bonds. The number of allylic oxidation sites excluding steroid dienone is 1. The number of nitrogens with zero attached hydrogens (tertiary/aromatic N) is 3. The summed E-state index contributed by atoms with van der Waals surface area (Å²) in [7, 11) is 0. The third-order valence-corrected chi connectivity index (χ3v) is 1.68. The Morgan fingerprint density at radius 2 is 2.36 bits per heavy atom. The Kier molecular flexibility index (Phi) is 3.83. The topological polar surface area (TPSA) is 42.7 Å². The van der Waals surface area contributed by atoms with E-state index in [0.29, 0.717) is 6.04 Å². The standard InChI is InChI=1S/C10H18N4/c1-8(2)6-14-7-12-10(13-14)5-11-9(3)4/h7,9,11H,1,5-6H2,2-4H3. The van der Waals surface area contributed by atoms with E-state index in [2.05, 4.69) is 35.8 Å². The van der Waals surface area contributed by atoms with Gasteiger partial charge in [-0.2, -0.15) is 5.10 Å². The van der Waals surface area contributed by atoms with Crippen molar-refractivity contribution in [3.8, 4) is 0 Å². The van der Waals surface area contributed by atoms with Crippen LogP contribution < -0.4 is 5.32 Å². The van der Waals surface area contributed by atoms with Gasteiger partial charge in [0.1, 0.15) is 6.33 Å². The van der Waals surface area contributed by atoms with Gasteiger partial charge in [-0.1, -0.05) is 26.0 Å². The highest BCUT2D eigenvalue weighted by Crippen LogP contribution is 1.95. The number of aromatic nitrogens is 3. The molecule has 1 heterocycles. The maximum atomic E-state index is 4.30. The van der Waals surface area contributed by atoms with E-state index in [-0.39, 0.29) is 0 Å². The third kappa shape index (κ3) is 3.70. The van der Waals surface area contributed by atoms with Crippen LogP contribution in [0.2, 0.25) is 0 Å². The van der Waals surface area contributed by atoms with Crippen molar-refractivity contribution in [1.82, 2.24) is 20.1 Å². The summed E-state index contributed by atoms with van der Waals surface area (Å²) in [5.41, 5.74) is 1.08. The Bertz CT molecular complexity index is 301. The smallest absolute Gasteiger partial charge is 0.164 e. The molecule has 0 fully saturated rings. The van der Waals surface area contributed by atoms with Gasteiger partial charge in [0.25, 0.3) is 0 Å². The fraction of sp³-hybridized carbons (Fsp3) is 0.600. The molecule has 0 aliphatic heterocycles. The van der Waals surface area contributed by atoms with E-state index < -0.39 is 0 Å².